The van der Waals surface area contributed by atoms with E-state index >= 15 is 0 Å². The van der Waals surface area contributed by atoms with Crippen molar-refractivity contribution in [3.8, 4) is 0 Å². The average molecular weight is 299 g/mol. The number of aromatic nitrogens is 1. The van der Waals surface area contributed by atoms with Gasteiger partial charge in [0.25, 0.3) is 0 Å². The van der Waals surface area contributed by atoms with Crippen LogP contribution in [0, 0.1) is 5.92 Å². The molecule has 1 fully saturated rings. The number of fused-ring (bicyclic) bond motifs is 1. The molecule has 22 heavy (non-hydrogen) atoms. The van der Waals surface area contributed by atoms with Crippen molar-refractivity contribution in [2.24, 2.45) is 11.7 Å². The predicted octanol–water partition coefficient (Wildman–Crippen LogP) is 1.76. The van der Waals surface area contributed by atoms with Crippen molar-refractivity contribution < 1.29 is 9.59 Å². The number of likely N-dealkylation sites (tertiary alicyclic amines) is 1. The standard InChI is InChI=1S/C17H21N3O2/c18-17(22)14-5-3-9-20(12-14)16(21)8-11-19-10-7-13-4-1-2-6-15(13)19/h1-2,4,6-7,10,14H,3,5,8-9,11-12H2,(H2,18,22). The first-order chi connectivity index (χ1) is 10.6. The molecule has 0 saturated carbocycles. The van der Waals surface area contributed by atoms with E-state index in [2.05, 4.69) is 22.8 Å². The van der Waals surface area contributed by atoms with Crippen LogP contribution in [-0.2, 0) is 16.1 Å². The predicted molar refractivity (Wildman–Crippen MR) is 85.1 cm³/mol. The van der Waals surface area contributed by atoms with Crippen LogP contribution in [-0.4, -0.2) is 34.4 Å². The minimum atomic E-state index is -0.297. The number of benzene rings is 1. The van der Waals surface area contributed by atoms with E-state index in [1.54, 1.807) is 4.90 Å². The number of carbonyl (C=O) groups is 2. The minimum absolute atomic E-state index is 0.101. The van der Waals surface area contributed by atoms with Crippen molar-refractivity contribution in [3.05, 3.63) is 36.5 Å². The highest BCUT2D eigenvalue weighted by Gasteiger charge is 2.26. The Balaban J connectivity index is 1.61. The zero-order valence-electron chi connectivity index (χ0n) is 12.6. The van der Waals surface area contributed by atoms with Crippen LogP contribution in [0.5, 0.6) is 0 Å². The second kappa shape index (κ2) is 6.22. The summed E-state index contributed by atoms with van der Waals surface area (Å²) in [6.45, 7) is 1.86. The summed E-state index contributed by atoms with van der Waals surface area (Å²) < 4.78 is 2.10. The highest BCUT2D eigenvalue weighted by atomic mass is 16.2. The summed E-state index contributed by atoms with van der Waals surface area (Å²) in [6.07, 6.45) is 4.11. The number of amides is 2. The van der Waals surface area contributed by atoms with Gasteiger partial charge in [0.05, 0.1) is 5.92 Å². The molecule has 5 nitrogen and oxygen atoms in total. The molecule has 1 aliphatic heterocycles. The van der Waals surface area contributed by atoms with Gasteiger partial charge >= 0.3 is 0 Å². The number of rotatable bonds is 4. The molecule has 2 N–H and O–H groups in total. The second-order valence-corrected chi connectivity index (χ2v) is 5.90. The smallest absolute Gasteiger partial charge is 0.224 e. The van der Waals surface area contributed by atoms with Crippen LogP contribution in [0.1, 0.15) is 19.3 Å². The Morgan fingerprint density at radius 1 is 1.23 bits per heavy atom. The van der Waals surface area contributed by atoms with Crippen molar-refractivity contribution in [1.82, 2.24) is 9.47 Å². The van der Waals surface area contributed by atoms with Crippen LogP contribution in [0.15, 0.2) is 36.5 Å². The van der Waals surface area contributed by atoms with Crippen LogP contribution < -0.4 is 5.73 Å². The van der Waals surface area contributed by atoms with Gasteiger partial charge in [-0.25, -0.2) is 0 Å². The third kappa shape index (κ3) is 2.98. The quantitative estimate of drug-likeness (QED) is 0.934. The fraction of sp³-hybridized carbons (Fsp3) is 0.412. The van der Waals surface area contributed by atoms with E-state index in [4.69, 9.17) is 5.73 Å². The van der Waals surface area contributed by atoms with Crippen molar-refractivity contribution >= 4 is 22.7 Å². The third-order valence-electron chi connectivity index (χ3n) is 4.42. The van der Waals surface area contributed by atoms with Gasteiger partial charge in [0.1, 0.15) is 0 Å². The summed E-state index contributed by atoms with van der Waals surface area (Å²) in [4.78, 5) is 25.4. The number of primary amides is 1. The Bertz CT molecular complexity index is 692. The maximum atomic E-state index is 12.4. The molecule has 1 saturated heterocycles. The molecule has 0 radical (unpaired) electrons. The van der Waals surface area contributed by atoms with Gasteiger partial charge in [0, 0.05) is 37.8 Å². The van der Waals surface area contributed by atoms with Gasteiger partial charge in [-0.1, -0.05) is 18.2 Å². The van der Waals surface area contributed by atoms with E-state index in [9.17, 15) is 9.59 Å². The van der Waals surface area contributed by atoms with Crippen molar-refractivity contribution in [3.63, 3.8) is 0 Å². The highest BCUT2D eigenvalue weighted by Crippen LogP contribution is 2.18. The van der Waals surface area contributed by atoms with Crippen LogP contribution in [0.3, 0.4) is 0 Å². The van der Waals surface area contributed by atoms with Crippen LogP contribution in [0.2, 0.25) is 0 Å². The molecular weight excluding hydrogens is 278 g/mol. The topological polar surface area (TPSA) is 68.3 Å². The summed E-state index contributed by atoms with van der Waals surface area (Å²) in [5.41, 5.74) is 6.50. The number of nitrogens with zero attached hydrogens (tertiary/aromatic N) is 2. The zero-order valence-corrected chi connectivity index (χ0v) is 12.6. The molecule has 116 valence electrons. The van der Waals surface area contributed by atoms with Crippen molar-refractivity contribution in [2.75, 3.05) is 13.1 Å². The Kier molecular flexibility index (Phi) is 4.13. The average Bonchev–Trinajstić information content (AvgIpc) is 2.96. The summed E-state index contributed by atoms with van der Waals surface area (Å²) in [7, 11) is 0. The number of nitrogens with two attached hydrogens (primary N) is 1. The highest BCUT2D eigenvalue weighted by molar-refractivity contribution is 5.81. The third-order valence-corrected chi connectivity index (χ3v) is 4.42. The molecule has 2 amide bonds. The largest absolute Gasteiger partial charge is 0.369 e. The Hall–Kier alpha value is -2.30. The molecule has 1 atom stereocenters. The number of piperidine rings is 1. The summed E-state index contributed by atoms with van der Waals surface area (Å²) in [5.74, 6) is -0.386. The van der Waals surface area contributed by atoms with Gasteiger partial charge in [-0.15, -0.1) is 0 Å². The zero-order chi connectivity index (χ0) is 15.5. The fourth-order valence-corrected chi connectivity index (χ4v) is 3.15. The fourth-order valence-electron chi connectivity index (χ4n) is 3.15. The summed E-state index contributed by atoms with van der Waals surface area (Å²) in [5, 5.41) is 1.18. The van der Waals surface area contributed by atoms with Gasteiger partial charge in [0.15, 0.2) is 0 Å². The molecule has 2 aromatic rings. The SMILES string of the molecule is NC(=O)C1CCCN(C(=O)CCn2ccc3ccccc32)C1. The molecule has 1 unspecified atom stereocenters. The van der Waals surface area contributed by atoms with E-state index in [1.165, 1.54) is 5.39 Å². The maximum Gasteiger partial charge on any atom is 0.224 e. The lowest BCUT2D eigenvalue weighted by Crippen LogP contribution is -2.44. The van der Waals surface area contributed by atoms with Gasteiger partial charge in [-0.05, 0) is 30.4 Å². The number of hydrogen-bond donors (Lipinski definition) is 1. The summed E-state index contributed by atoms with van der Waals surface area (Å²) >= 11 is 0. The molecule has 0 aliphatic carbocycles. The Morgan fingerprint density at radius 3 is 2.86 bits per heavy atom. The first-order valence-corrected chi connectivity index (χ1v) is 7.76. The van der Waals surface area contributed by atoms with E-state index in [0.717, 1.165) is 24.9 Å². The lowest BCUT2D eigenvalue weighted by Gasteiger charge is -2.31. The normalized spacial score (nSPS) is 18.5. The minimum Gasteiger partial charge on any atom is -0.369 e. The van der Waals surface area contributed by atoms with Gasteiger partial charge in [-0.2, -0.15) is 0 Å². The molecule has 3 rings (SSSR count). The van der Waals surface area contributed by atoms with Crippen molar-refractivity contribution in [1.29, 1.82) is 0 Å². The first kappa shape index (κ1) is 14.6. The number of hydrogen-bond acceptors (Lipinski definition) is 2. The van der Waals surface area contributed by atoms with E-state index in [1.807, 2.05) is 18.3 Å². The van der Waals surface area contributed by atoms with E-state index in [-0.39, 0.29) is 17.7 Å². The molecule has 1 aromatic heterocycles. The first-order valence-electron chi connectivity index (χ1n) is 7.76. The molecular formula is C17H21N3O2. The van der Waals surface area contributed by atoms with Crippen LogP contribution >= 0.6 is 0 Å². The maximum absolute atomic E-state index is 12.4. The van der Waals surface area contributed by atoms with Crippen LogP contribution in [0.4, 0.5) is 0 Å². The monoisotopic (exact) mass is 299 g/mol. The number of aryl methyl sites for hydroxylation is 1. The molecule has 0 spiro atoms. The van der Waals surface area contributed by atoms with Gasteiger partial charge < -0.3 is 15.2 Å². The molecule has 1 aromatic carbocycles. The van der Waals surface area contributed by atoms with Crippen molar-refractivity contribution in [2.45, 2.75) is 25.8 Å². The van der Waals surface area contributed by atoms with Crippen LogP contribution in [0.25, 0.3) is 10.9 Å². The lowest BCUT2D eigenvalue weighted by molar-refractivity contribution is -0.135. The molecule has 0 bridgehead atoms. The van der Waals surface area contributed by atoms with E-state index < -0.39 is 0 Å². The molecule has 2 heterocycles. The number of carbonyl (C=O) groups excluding carboxylic acids is 2. The number of para-hydroxylation sites is 1. The molecule has 1 aliphatic rings. The summed E-state index contributed by atoms with van der Waals surface area (Å²) in [6, 6.07) is 10.2. The van der Waals surface area contributed by atoms with Gasteiger partial charge in [-0.3, -0.25) is 9.59 Å². The van der Waals surface area contributed by atoms with Gasteiger partial charge in [0.2, 0.25) is 11.8 Å². The second-order valence-electron chi connectivity index (χ2n) is 5.90. The van der Waals surface area contributed by atoms with E-state index in [0.29, 0.717) is 19.5 Å². The Labute approximate surface area is 129 Å². The lowest BCUT2D eigenvalue weighted by atomic mass is 9.97. The molecule has 5 heteroatoms. The Morgan fingerprint density at radius 2 is 2.05 bits per heavy atom.